The van der Waals surface area contributed by atoms with E-state index in [1.807, 2.05) is 0 Å². The van der Waals surface area contributed by atoms with Gasteiger partial charge in [-0.3, -0.25) is 0 Å². The van der Waals surface area contributed by atoms with Crippen molar-refractivity contribution in [2.45, 2.75) is 39.3 Å². The Morgan fingerprint density at radius 2 is 0.829 bits per heavy atom. The number of rotatable bonds is 6. The summed E-state index contributed by atoms with van der Waals surface area (Å²) in [5, 5.41) is 9.38. The van der Waals surface area contributed by atoms with Crippen LogP contribution in [0.25, 0.3) is 0 Å². The molecular formula is C15H13BF9KN6O3. The van der Waals surface area contributed by atoms with E-state index in [1.165, 1.54) is 0 Å². The van der Waals surface area contributed by atoms with Crippen LogP contribution in [0.5, 0.6) is 0 Å². The van der Waals surface area contributed by atoms with Crippen molar-refractivity contribution in [1.82, 2.24) is 29.8 Å². The van der Waals surface area contributed by atoms with Crippen LogP contribution in [0.4, 0.5) is 39.5 Å². The summed E-state index contributed by atoms with van der Waals surface area (Å²) < 4.78 is 131. The zero-order chi connectivity index (χ0) is 25.6. The summed E-state index contributed by atoms with van der Waals surface area (Å²) in [6.45, 7) is 3.38. The van der Waals surface area contributed by atoms with Gasteiger partial charge in [0.05, 0.1) is 17.1 Å². The predicted octanol–water partition coefficient (Wildman–Crippen LogP) is 0.0454. The average molecular weight is 546 g/mol. The Kier molecular flexibility index (Phi) is 8.57. The van der Waals surface area contributed by atoms with E-state index in [4.69, 9.17) is 14.3 Å². The van der Waals surface area contributed by atoms with E-state index in [0.29, 0.717) is 18.2 Å². The van der Waals surface area contributed by atoms with Crippen LogP contribution >= 0.6 is 0 Å². The van der Waals surface area contributed by atoms with E-state index >= 15 is 0 Å². The van der Waals surface area contributed by atoms with Crippen molar-refractivity contribution in [2.24, 2.45) is 0 Å². The Balaban J connectivity index is 0.00000324. The summed E-state index contributed by atoms with van der Waals surface area (Å²) in [5.74, 6) is 0. The first kappa shape index (κ1) is 29.3. The Bertz CT molecular complexity index is 1030. The monoisotopic (exact) mass is 546 g/mol. The van der Waals surface area contributed by atoms with E-state index in [0.717, 1.165) is 20.8 Å². The second-order valence-electron chi connectivity index (χ2n) is 6.73. The summed E-state index contributed by atoms with van der Waals surface area (Å²) in [7, 11) is -2.31. The molecule has 0 aliphatic rings. The zero-order valence-electron chi connectivity index (χ0n) is 19.1. The molecule has 0 atom stereocenters. The van der Waals surface area contributed by atoms with Gasteiger partial charge in [0.2, 0.25) is 0 Å². The van der Waals surface area contributed by atoms with E-state index in [-0.39, 0.29) is 84.4 Å². The zero-order valence-corrected chi connectivity index (χ0v) is 21.2. The Morgan fingerprint density at radius 3 is 1.00 bits per heavy atom. The van der Waals surface area contributed by atoms with Crippen LogP contribution in [0.15, 0.2) is 18.2 Å². The summed E-state index contributed by atoms with van der Waals surface area (Å²) in [4.78, 5) is 0.793. The maximum Gasteiger partial charge on any atom is 1.00 e. The number of aromatic nitrogens is 6. The van der Waals surface area contributed by atoms with Crippen LogP contribution in [-0.4, -0.2) is 37.2 Å². The Hall–Kier alpha value is -1.90. The van der Waals surface area contributed by atoms with Crippen molar-refractivity contribution in [1.29, 1.82) is 0 Å². The van der Waals surface area contributed by atoms with Crippen molar-refractivity contribution in [3.8, 4) is 0 Å². The first-order chi connectivity index (χ1) is 15.4. The van der Waals surface area contributed by atoms with Gasteiger partial charge in [-0.1, -0.05) is 0 Å². The molecule has 0 saturated carbocycles. The normalized spacial score (nSPS) is 12.3. The summed E-state index contributed by atoms with van der Waals surface area (Å²) in [6.07, 6.45) is -14.6. The van der Waals surface area contributed by atoms with Gasteiger partial charge in [-0.25, -0.2) is 0 Å². The molecule has 0 aromatic carbocycles. The molecule has 0 N–H and O–H groups in total. The summed E-state index contributed by atoms with van der Waals surface area (Å²) in [5.41, 5.74) is -4.96. The molecular weight excluding hydrogens is 533 g/mol. The molecule has 0 bridgehead atoms. The minimum Gasteiger partial charge on any atom is -1.00 e. The van der Waals surface area contributed by atoms with Gasteiger partial charge >= 0.3 is 77.2 Å². The van der Waals surface area contributed by atoms with Crippen LogP contribution in [-0.2, 0) is 18.5 Å². The fraction of sp³-hybridized carbons (Fsp3) is 0.400. The topological polar surface area (TPSA) is 81.1 Å². The van der Waals surface area contributed by atoms with Gasteiger partial charge in [0.1, 0.15) is 0 Å². The quantitative estimate of drug-likeness (QED) is 0.321. The SMILES string of the molecule is Cc1cc(C(F)(F)F)nn1OB(On1nc(C(F)(F)F)cc1C)On1nc(C(F)(F)F)cc1C.[H-].[K+]. The van der Waals surface area contributed by atoms with Crippen LogP contribution in [0.1, 0.15) is 35.6 Å². The first-order valence-electron chi connectivity index (χ1n) is 8.88. The number of halogens is 9. The fourth-order valence-corrected chi connectivity index (χ4v) is 2.41. The molecule has 3 aromatic rings. The number of aryl methyl sites for hydroxylation is 3. The minimum atomic E-state index is -4.88. The molecule has 0 aliphatic heterocycles. The van der Waals surface area contributed by atoms with Gasteiger partial charge in [0.25, 0.3) is 0 Å². The van der Waals surface area contributed by atoms with Gasteiger partial charge in [-0.05, 0) is 39.0 Å². The number of hydrogen-bond donors (Lipinski definition) is 0. The number of alkyl halides is 9. The maximum atomic E-state index is 12.9. The van der Waals surface area contributed by atoms with Gasteiger partial charge in [0.15, 0.2) is 17.1 Å². The van der Waals surface area contributed by atoms with Crippen LogP contribution in [0, 0.1) is 20.8 Å². The van der Waals surface area contributed by atoms with Crippen molar-refractivity contribution < 1.29 is 107 Å². The van der Waals surface area contributed by atoms with Crippen molar-refractivity contribution in [3.05, 3.63) is 52.4 Å². The largest absolute Gasteiger partial charge is 1.00 e. The van der Waals surface area contributed by atoms with Gasteiger partial charge < -0.3 is 15.7 Å². The third kappa shape index (κ3) is 7.08. The predicted molar refractivity (Wildman–Crippen MR) is 92.5 cm³/mol. The van der Waals surface area contributed by atoms with Gasteiger partial charge in [0, 0.05) is 0 Å². The molecule has 20 heteroatoms. The van der Waals surface area contributed by atoms with Crippen molar-refractivity contribution in [2.75, 3.05) is 0 Å². The second kappa shape index (κ2) is 10.2. The molecule has 3 aromatic heterocycles. The molecule has 0 spiro atoms. The molecule has 3 heterocycles. The summed E-state index contributed by atoms with van der Waals surface area (Å²) >= 11 is 0. The first-order valence-corrected chi connectivity index (χ1v) is 8.88. The smallest absolute Gasteiger partial charge is 1.00 e. The molecule has 3 rings (SSSR count). The standard InChI is InChI=1S/C15H12BF9N6O3.K.H/c1-7-4-10(13(17,18)19)26-29(7)32-16(33-30-8(2)5-11(27-30)14(20,21)22)34-31-9(3)6-12(28-31)15(23,24)25;;/h4-6H,1-3H3;;/q;+1;-1. The maximum absolute atomic E-state index is 12.9. The Labute approximate surface area is 234 Å². The molecule has 0 unspecified atom stereocenters. The molecule has 188 valence electrons. The summed E-state index contributed by atoms with van der Waals surface area (Å²) in [6, 6.07) is 1.71. The molecule has 0 fully saturated rings. The number of hydrogen-bond acceptors (Lipinski definition) is 6. The van der Waals surface area contributed by atoms with E-state index in [2.05, 4.69) is 15.3 Å². The van der Waals surface area contributed by atoms with Crippen LogP contribution in [0.3, 0.4) is 0 Å². The molecule has 0 amide bonds. The van der Waals surface area contributed by atoms with Crippen LogP contribution in [0.2, 0.25) is 0 Å². The van der Waals surface area contributed by atoms with E-state index in [1.54, 1.807) is 0 Å². The third-order valence-corrected chi connectivity index (χ3v) is 3.97. The average Bonchev–Trinajstić information content (AvgIpc) is 3.33. The van der Waals surface area contributed by atoms with Crippen LogP contribution < -0.4 is 65.6 Å². The molecule has 0 radical (unpaired) electrons. The second-order valence-corrected chi connectivity index (χ2v) is 6.73. The van der Waals surface area contributed by atoms with E-state index in [9.17, 15) is 39.5 Å². The third-order valence-electron chi connectivity index (χ3n) is 3.97. The number of nitrogens with zero attached hydrogens (tertiary/aromatic N) is 6. The van der Waals surface area contributed by atoms with Crippen molar-refractivity contribution >= 4 is 7.32 Å². The van der Waals surface area contributed by atoms with Crippen molar-refractivity contribution in [3.63, 3.8) is 0 Å². The Morgan fingerprint density at radius 1 is 0.600 bits per heavy atom. The van der Waals surface area contributed by atoms with E-state index < -0.39 is 42.9 Å². The molecule has 0 aliphatic carbocycles. The van der Waals surface area contributed by atoms with Gasteiger partial charge in [-0.2, -0.15) is 39.5 Å². The van der Waals surface area contributed by atoms with Gasteiger partial charge in [-0.15, -0.1) is 29.8 Å². The molecule has 35 heavy (non-hydrogen) atoms. The minimum absolute atomic E-state index is 0. The molecule has 9 nitrogen and oxygen atoms in total. The molecule has 0 saturated heterocycles. The fourth-order valence-electron chi connectivity index (χ4n) is 2.41.